The van der Waals surface area contributed by atoms with Crippen molar-refractivity contribution >= 4 is 36.5 Å². The van der Waals surface area contributed by atoms with Crippen molar-refractivity contribution in [3.63, 3.8) is 0 Å². The van der Waals surface area contributed by atoms with Crippen molar-refractivity contribution in [2.45, 2.75) is 0 Å². The molecule has 0 radical (unpaired) electrons. The van der Waals surface area contributed by atoms with Crippen LogP contribution in [0.25, 0.3) is 10.8 Å². The summed E-state index contributed by atoms with van der Waals surface area (Å²) in [7, 11) is 1.59. The van der Waals surface area contributed by atoms with Gasteiger partial charge >= 0.3 is 25.8 Å². The number of halogens is 1. The summed E-state index contributed by atoms with van der Waals surface area (Å²) < 4.78 is 38.9. The Morgan fingerprint density at radius 1 is 1.04 bits per heavy atom. The highest BCUT2D eigenvalue weighted by atomic mass is 127. The Morgan fingerprint density at radius 3 is 2.46 bits per heavy atom. The lowest BCUT2D eigenvalue weighted by Crippen LogP contribution is -2.10. The first kappa shape index (κ1) is 18.6. The van der Waals surface area contributed by atoms with E-state index in [1.54, 1.807) is 31.4 Å². The molecule has 1 N–H and O–H groups in total. The number of carboxylic acid groups (broad SMARTS) is 1. The van der Waals surface area contributed by atoms with E-state index in [-0.39, 0.29) is 15.7 Å². The van der Waals surface area contributed by atoms with Crippen LogP contribution >= 0.6 is 19.8 Å². The maximum Gasteiger partial charge on any atom is 0.342 e. The molecule has 24 heavy (non-hydrogen) atoms. The lowest BCUT2D eigenvalue weighted by Gasteiger charge is -2.11. The van der Waals surface area contributed by atoms with Crippen molar-refractivity contribution in [2.24, 2.45) is 0 Å². The molecular weight excluding hydrogens is 431 g/mol. The van der Waals surface area contributed by atoms with Gasteiger partial charge in [0.15, 0.2) is 0 Å². The average molecular weight is 448 g/mol. The number of methoxy groups -OCH3 is 1. The summed E-state index contributed by atoms with van der Waals surface area (Å²) in [6.45, 7) is 1.61. The summed E-state index contributed by atoms with van der Waals surface area (Å²) in [5.74, 6) is -0.780. The number of fused-ring (bicyclic) bond motifs is 1. The van der Waals surface area contributed by atoms with Crippen LogP contribution in [0.15, 0.2) is 30.3 Å². The highest BCUT2D eigenvalue weighted by Crippen LogP contribution is 2.34. The summed E-state index contributed by atoms with van der Waals surface area (Å²) >= 11 is -4.00. The van der Waals surface area contributed by atoms with Crippen LogP contribution in [-0.4, -0.2) is 44.6 Å². The van der Waals surface area contributed by atoms with E-state index >= 15 is 0 Å². The molecular formula is C16H17IO7. The van der Waals surface area contributed by atoms with Gasteiger partial charge in [0, 0.05) is 17.9 Å². The minimum absolute atomic E-state index is 0.119. The van der Waals surface area contributed by atoms with Gasteiger partial charge in [-0.3, -0.25) is 0 Å². The van der Waals surface area contributed by atoms with E-state index in [4.69, 9.17) is 14.2 Å². The van der Waals surface area contributed by atoms with Gasteiger partial charge in [-0.1, -0.05) is 12.1 Å². The molecule has 0 atom stereocenters. The second kappa shape index (κ2) is 8.90. The highest BCUT2D eigenvalue weighted by Gasteiger charge is 2.19. The van der Waals surface area contributed by atoms with Gasteiger partial charge in [0.25, 0.3) is 0 Å². The Balaban J connectivity index is 2.27. The van der Waals surface area contributed by atoms with E-state index in [1.807, 2.05) is 0 Å². The molecule has 0 aliphatic carbocycles. The lowest BCUT2D eigenvalue weighted by molar-refractivity contribution is 0.0547. The van der Waals surface area contributed by atoms with Crippen molar-refractivity contribution in [3.05, 3.63) is 39.5 Å². The summed E-state index contributed by atoms with van der Waals surface area (Å²) in [6.07, 6.45) is 0. The minimum Gasteiger partial charge on any atom is -0.491 e. The molecule has 0 aliphatic rings. The molecule has 130 valence electrons. The summed E-state index contributed by atoms with van der Waals surface area (Å²) in [4.78, 5) is 11.2. The van der Waals surface area contributed by atoms with Crippen LogP contribution in [0, 0.1) is 3.57 Å². The van der Waals surface area contributed by atoms with Crippen LogP contribution in [-0.2, 0) is 15.6 Å². The number of aromatic carboxylic acids is 1. The minimum atomic E-state index is -4.00. The number of carbonyl (C=O) groups is 1. The van der Waals surface area contributed by atoms with Gasteiger partial charge in [0.2, 0.25) is 0 Å². The van der Waals surface area contributed by atoms with E-state index in [9.17, 15) is 16.0 Å². The van der Waals surface area contributed by atoms with E-state index < -0.39 is 25.8 Å². The largest absolute Gasteiger partial charge is 0.491 e. The predicted molar refractivity (Wildman–Crippen MR) is 93.2 cm³/mol. The Hall–Kier alpha value is -1.78. The van der Waals surface area contributed by atoms with Gasteiger partial charge in [0.1, 0.15) is 12.4 Å². The number of rotatable bonds is 9. The van der Waals surface area contributed by atoms with Crippen LogP contribution in [0.3, 0.4) is 0 Å². The number of ether oxygens (including phenoxy) is 3. The Labute approximate surface area is 145 Å². The maximum absolute atomic E-state index is 11.6. The second-order valence-electron chi connectivity index (χ2n) is 4.75. The molecule has 0 amide bonds. The second-order valence-corrected chi connectivity index (χ2v) is 7.07. The zero-order valence-electron chi connectivity index (χ0n) is 13.0. The van der Waals surface area contributed by atoms with Gasteiger partial charge in [0.05, 0.1) is 29.0 Å². The molecule has 2 aromatic carbocycles. The standard InChI is InChI=1S/C16H17IO7/c1-22-7-8-23-9-10-24-14-4-2-3-12-11(14)5-6-13(16(18)19)15(12)17(20)21/h2-6H,7-10H2,1H3,(H,18,19). The third-order valence-electron chi connectivity index (χ3n) is 3.26. The topological polar surface area (TPSA) is 99.1 Å². The van der Waals surface area contributed by atoms with Crippen LogP contribution < -0.4 is 4.74 Å². The molecule has 0 unspecified atom stereocenters. The SMILES string of the molecule is COCCOCCOc1cccc2c(I(=O)=O)c(C(=O)O)ccc12. The predicted octanol–water partition coefficient (Wildman–Crippen LogP) is 2.95. The summed E-state index contributed by atoms with van der Waals surface area (Å²) in [5, 5.41) is 10.1. The van der Waals surface area contributed by atoms with Crippen LogP contribution in [0.1, 0.15) is 10.4 Å². The molecule has 0 heterocycles. The Morgan fingerprint density at radius 2 is 1.79 bits per heavy atom. The fourth-order valence-electron chi connectivity index (χ4n) is 2.20. The molecule has 0 saturated carbocycles. The van der Waals surface area contributed by atoms with Crippen LogP contribution in [0.4, 0.5) is 0 Å². The lowest BCUT2D eigenvalue weighted by atomic mass is 10.1. The molecule has 0 bridgehead atoms. The first-order chi connectivity index (χ1) is 11.6. The molecule has 0 fully saturated rings. The molecule has 2 aromatic rings. The Bertz CT molecular complexity index is 790. The number of hydrogen-bond acceptors (Lipinski definition) is 6. The van der Waals surface area contributed by atoms with E-state index in [0.29, 0.717) is 36.3 Å². The highest BCUT2D eigenvalue weighted by molar-refractivity contribution is 14.2. The summed E-state index contributed by atoms with van der Waals surface area (Å²) in [6, 6.07) is 7.78. The average Bonchev–Trinajstić information content (AvgIpc) is 2.56. The van der Waals surface area contributed by atoms with Crippen LogP contribution in [0.5, 0.6) is 5.75 Å². The third-order valence-corrected chi connectivity index (χ3v) is 5.30. The van der Waals surface area contributed by atoms with E-state index in [1.165, 1.54) is 6.07 Å². The smallest absolute Gasteiger partial charge is 0.342 e. The molecule has 7 nitrogen and oxygen atoms in total. The van der Waals surface area contributed by atoms with Gasteiger partial charge in [-0.25, -0.2) is 10.9 Å². The monoisotopic (exact) mass is 448 g/mol. The van der Waals surface area contributed by atoms with E-state index in [0.717, 1.165) is 0 Å². The van der Waals surface area contributed by atoms with Crippen molar-refractivity contribution in [1.82, 2.24) is 0 Å². The van der Waals surface area contributed by atoms with Gasteiger partial charge in [-0.05, 0) is 18.2 Å². The fourth-order valence-corrected chi connectivity index (χ4v) is 4.03. The quantitative estimate of drug-likeness (QED) is 0.465. The molecule has 2 rings (SSSR count). The van der Waals surface area contributed by atoms with Gasteiger partial charge in [-0.2, -0.15) is 0 Å². The van der Waals surface area contributed by atoms with Crippen LogP contribution in [0.2, 0.25) is 0 Å². The third kappa shape index (κ3) is 4.40. The first-order valence-electron chi connectivity index (χ1n) is 7.10. The molecule has 0 aromatic heterocycles. The molecule has 8 heteroatoms. The normalized spacial score (nSPS) is 11.1. The molecule has 0 aliphatic heterocycles. The summed E-state index contributed by atoms with van der Waals surface area (Å²) in [5.41, 5.74) is -0.210. The molecule has 0 saturated heterocycles. The number of hydrogen-bond donors (Lipinski definition) is 1. The maximum atomic E-state index is 11.6. The van der Waals surface area contributed by atoms with Crippen molar-refractivity contribution in [1.29, 1.82) is 0 Å². The zero-order valence-corrected chi connectivity index (χ0v) is 15.1. The van der Waals surface area contributed by atoms with Crippen molar-refractivity contribution in [3.8, 4) is 5.75 Å². The first-order valence-corrected chi connectivity index (χ1v) is 9.94. The molecule has 0 spiro atoms. The number of benzene rings is 2. The van der Waals surface area contributed by atoms with Gasteiger partial charge < -0.3 is 19.3 Å². The van der Waals surface area contributed by atoms with Gasteiger partial charge in [-0.15, -0.1) is 0 Å². The Kier molecular flexibility index (Phi) is 6.88. The van der Waals surface area contributed by atoms with Crippen molar-refractivity contribution < 1.29 is 30.2 Å². The fraction of sp³-hybridized carbons (Fsp3) is 0.312. The zero-order chi connectivity index (χ0) is 17.5. The van der Waals surface area contributed by atoms with E-state index in [2.05, 4.69) is 0 Å². The number of carboxylic acids is 1. The van der Waals surface area contributed by atoms with Crippen molar-refractivity contribution in [2.75, 3.05) is 33.5 Å².